The van der Waals surface area contributed by atoms with Crippen molar-refractivity contribution in [2.45, 2.75) is 63.2 Å². The first-order valence-corrected chi connectivity index (χ1v) is 14.1. The van der Waals surface area contributed by atoms with Crippen molar-refractivity contribution in [3.8, 4) is 17.4 Å². The van der Waals surface area contributed by atoms with Gasteiger partial charge < -0.3 is 18.9 Å². The van der Waals surface area contributed by atoms with E-state index < -0.39 is 26.9 Å². The van der Waals surface area contributed by atoms with E-state index in [0.717, 1.165) is 5.56 Å². The first-order valence-electron chi connectivity index (χ1n) is 12.4. The van der Waals surface area contributed by atoms with Crippen molar-refractivity contribution in [1.29, 1.82) is 0 Å². The Bertz CT molecular complexity index is 1320. The first-order chi connectivity index (χ1) is 18.2. The van der Waals surface area contributed by atoms with Gasteiger partial charge in [-0.3, -0.25) is 9.55 Å². The maximum absolute atomic E-state index is 13.9. The summed E-state index contributed by atoms with van der Waals surface area (Å²) < 4.78 is 52.0. The molecule has 4 rings (SSSR count). The molecule has 1 aliphatic rings. The molecule has 1 aliphatic heterocycles. The predicted octanol–water partition coefficient (Wildman–Crippen LogP) is 2.75. The molecule has 0 aromatic carbocycles. The molecule has 13 heteroatoms. The SMILES string of the molecule is COc1ncnc(OC)c1-n1c(CS(=O)(=O)[C@@H](C)[C@@H](OC(C)C)c2ccc(C)cn2)nnc1[C@@H]1CCOC1. The van der Waals surface area contributed by atoms with Crippen LogP contribution in [-0.2, 0) is 25.1 Å². The highest BCUT2D eigenvalue weighted by atomic mass is 32.2. The molecule has 38 heavy (non-hydrogen) atoms. The average molecular weight is 547 g/mol. The molecule has 206 valence electrons. The summed E-state index contributed by atoms with van der Waals surface area (Å²) in [6.45, 7) is 8.28. The van der Waals surface area contributed by atoms with Crippen molar-refractivity contribution in [2.75, 3.05) is 27.4 Å². The van der Waals surface area contributed by atoms with Crippen LogP contribution in [0.1, 0.15) is 62.1 Å². The molecule has 12 nitrogen and oxygen atoms in total. The van der Waals surface area contributed by atoms with E-state index in [9.17, 15) is 8.42 Å². The number of methoxy groups -OCH3 is 2. The molecule has 1 saturated heterocycles. The first kappa shape index (κ1) is 27.9. The van der Waals surface area contributed by atoms with Crippen LogP contribution in [-0.4, -0.2) is 76.9 Å². The molecule has 1 fully saturated rings. The van der Waals surface area contributed by atoms with Gasteiger partial charge in [0.2, 0.25) is 11.8 Å². The minimum Gasteiger partial charge on any atom is -0.479 e. The Labute approximate surface area is 222 Å². The third-order valence-electron chi connectivity index (χ3n) is 6.38. The molecule has 4 heterocycles. The van der Waals surface area contributed by atoms with E-state index in [1.807, 2.05) is 26.8 Å². The van der Waals surface area contributed by atoms with Crippen molar-refractivity contribution >= 4 is 9.84 Å². The van der Waals surface area contributed by atoms with Gasteiger partial charge in [0.15, 0.2) is 21.3 Å². The second-order valence-electron chi connectivity index (χ2n) is 9.49. The van der Waals surface area contributed by atoms with Gasteiger partial charge in [0.25, 0.3) is 0 Å². The van der Waals surface area contributed by atoms with Crippen LogP contribution >= 0.6 is 0 Å². The lowest BCUT2D eigenvalue weighted by molar-refractivity contribution is 0.00404. The van der Waals surface area contributed by atoms with Crippen LogP contribution in [0.2, 0.25) is 0 Å². The molecule has 0 amide bonds. The number of pyridine rings is 1. The Morgan fingerprint density at radius 2 is 1.79 bits per heavy atom. The van der Waals surface area contributed by atoms with E-state index in [1.165, 1.54) is 20.5 Å². The number of aromatic nitrogens is 6. The third kappa shape index (κ3) is 5.79. The molecular formula is C25H34N6O6S. The largest absolute Gasteiger partial charge is 0.479 e. The van der Waals surface area contributed by atoms with Crippen LogP contribution in [0.15, 0.2) is 24.7 Å². The molecule has 0 saturated carbocycles. The molecule has 0 bridgehead atoms. The minimum atomic E-state index is -3.84. The third-order valence-corrected chi connectivity index (χ3v) is 8.42. The van der Waals surface area contributed by atoms with Gasteiger partial charge >= 0.3 is 0 Å². The maximum Gasteiger partial charge on any atom is 0.245 e. The lowest BCUT2D eigenvalue weighted by Gasteiger charge is -2.26. The van der Waals surface area contributed by atoms with Crippen LogP contribution in [0.25, 0.3) is 5.69 Å². The van der Waals surface area contributed by atoms with Crippen LogP contribution in [0.5, 0.6) is 11.8 Å². The Kier molecular flexibility index (Phi) is 8.58. The number of aryl methyl sites for hydroxylation is 1. The molecule has 0 radical (unpaired) electrons. The van der Waals surface area contributed by atoms with Gasteiger partial charge in [-0.15, -0.1) is 10.2 Å². The number of nitrogens with zero attached hydrogens (tertiary/aromatic N) is 6. The molecule has 3 aromatic rings. The molecule has 0 unspecified atom stereocenters. The van der Waals surface area contributed by atoms with E-state index >= 15 is 0 Å². The molecular weight excluding hydrogens is 512 g/mol. The number of sulfone groups is 1. The number of hydrogen-bond donors (Lipinski definition) is 0. The zero-order chi connectivity index (χ0) is 27.4. The summed E-state index contributed by atoms with van der Waals surface area (Å²) in [6, 6.07) is 3.69. The Morgan fingerprint density at radius 3 is 2.34 bits per heavy atom. The van der Waals surface area contributed by atoms with Crippen molar-refractivity contribution < 1.29 is 27.4 Å². The van der Waals surface area contributed by atoms with Crippen molar-refractivity contribution in [3.63, 3.8) is 0 Å². The molecule has 3 atom stereocenters. The van der Waals surface area contributed by atoms with Gasteiger partial charge in [0, 0.05) is 18.7 Å². The van der Waals surface area contributed by atoms with Gasteiger partial charge in [-0.25, -0.2) is 8.42 Å². The van der Waals surface area contributed by atoms with Crippen LogP contribution < -0.4 is 9.47 Å². The van der Waals surface area contributed by atoms with Crippen molar-refractivity contribution in [2.24, 2.45) is 0 Å². The van der Waals surface area contributed by atoms with Gasteiger partial charge in [0.1, 0.15) is 24.0 Å². The molecule has 0 spiro atoms. The lowest BCUT2D eigenvalue weighted by Crippen LogP contribution is -2.31. The Morgan fingerprint density at radius 1 is 1.08 bits per heavy atom. The van der Waals surface area contributed by atoms with Gasteiger partial charge in [-0.2, -0.15) is 9.97 Å². The topological polar surface area (TPSA) is 140 Å². The molecule has 0 N–H and O–H groups in total. The fourth-order valence-corrected chi connectivity index (χ4v) is 5.76. The van der Waals surface area contributed by atoms with Crippen LogP contribution in [0, 0.1) is 6.92 Å². The second-order valence-corrected chi connectivity index (χ2v) is 11.8. The quantitative estimate of drug-likeness (QED) is 0.350. The molecule has 3 aromatic heterocycles. The average Bonchev–Trinajstić information content (AvgIpc) is 3.56. The fraction of sp³-hybridized carbons (Fsp3) is 0.560. The highest BCUT2D eigenvalue weighted by Crippen LogP contribution is 2.35. The maximum atomic E-state index is 13.9. The summed E-state index contributed by atoms with van der Waals surface area (Å²) >= 11 is 0. The van der Waals surface area contributed by atoms with E-state index in [4.69, 9.17) is 18.9 Å². The molecule has 0 aliphatic carbocycles. The highest BCUT2D eigenvalue weighted by Gasteiger charge is 2.37. The summed E-state index contributed by atoms with van der Waals surface area (Å²) in [5.41, 5.74) is 1.85. The van der Waals surface area contributed by atoms with E-state index in [0.29, 0.717) is 36.8 Å². The van der Waals surface area contributed by atoms with Crippen molar-refractivity contribution in [3.05, 3.63) is 47.6 Å². The normalized spacial score (nSPS) is 17.5. The summed E-state index contributed by atoms with van der Waals surface area (Å²) in [5, 5.41) is 7.77. The van der Waals surface area contributed by atoms with Crippen LogP contribution in [0.3, 0.4) is 0 Å². The van der Waals surface area contributed by atoms with E-state index in [-0.39, 0.29) is 29.6 Å². The van der Waals surface area contributed by atoms with Gasteiger partial charge in [-0.05, 0) is 45.7 Å². The van der Waals surface area contributed by atoms with Gasteiger partial charge in [-0.1, -0.05) is 6.07 Å². The Hall–Kier alpha value is -3.16. The Balaban J connectivity index is 1.78. The zero-order valence-corrected chi connectivity index (χ0v) is 23.3. The van der Waals surface area contributed by atoms with E-state index in [1.54, 1.807) is 23.8 Å². The number of ether oxygens (including phenoxy) is 4. The highest BCUT2D eigenvalue weighted by molar-refractivity contribution is 7.91. The minimum absolute atomic E-state index is 0.0974. The summed E-state index contributed by atoms with van der Waals surface area (Å²) in [5.74, 6) is 0.605. The van der Waals surface area contributed by atoms with E-state index in [2.05, 4.69) is 25.1 Å². The fourth-order valence-electron chi connectivity index (χ4n) is 4.37. The predicted molar refractivity (Wildman–Crippen MR) is 138 cm³/mol. The standard InChI is InChI=1S/C25H34N6O6S/c1-15(2)37-22(19-8-7-16(3)11-26-19)17(4)38(32,33)13-20-29-30-23(18-9-10-36-12-18)31(20)21-24(34-5)27-14-28-25(21)35-6/h7-8,11,14-15,17-18,22H,9-10,12-13H2,1-6H3/t17-,18+,22+/m0/s1. The summed E-state index contributed by atoms with van der Waals surface area (Å²) in [7, 11) is -0.904. The number of rotatable bonds is 11. The second kappa shape index (κ2) is 11.7. The summed E-state index contributed by atoms with van der Waals surface area (Å²) in [4.78, 5) is 12.9. The lowest BCUT2D eigenvalue weighted by atomic mass is 10.1. The van der Waals surface area contributed by atoms with Gasteiger partial charge in [0.05, 0.1) is 37.9 Å². The van der Waals surface area contributed by atoms with Crippen molar-refractivity contribution in [1.82, 2.24) is 29.7 Å². The smallest absolute Gasteiger partial charge is 0.245 e. The zero-order valence-electron chi connectivity index (χ0n) is 22.5. The van der Waals surface area contributed by atoms with Crippen LogP contribution in [0.4, 0.5) is 0 Å². The number of hydrogen-bond acceptors (Lipinski definition) is 11. The monoisotopic (exact) mass is 546 g/mol. The summed E-state index contributed by atoms with van der Waals surface area (Å²) in [6.07, 6.45) is 2.73.